The molecule has 0 saturated heterocycles. The minimum absolute atomic E-state index is 0.148. The summed E-state index contributed by atoms with van der Waals surface area (Å²) in [5.74, 6) is 0.298. The normalized spacial score (nSPS) is 11.8. The van der Waals surface area contributed by atoms with Crippen LogP contribution in [-0.4, -0.2) is 16.1 Å². The predicted molar refractivity (Wildman–Crippen MR) is 119 cm³/mol. The Kier molecular flexibility index (Phi) is 5.95. The predicted octanol–water partition coefficient (Wildman–Crippen LogP) is 5.83. The first-order chi connectivity index (χ1) is 14.6. The van der Waals surface area contributed by atoms with E-state index in [1.807, 2.05) is 92.7 Å². The summed E-state index contributed by atoms with van der Waals surface area (Å²) in [4.78, 5) is 13.1. The summed E-state index contributed by atoms with van der Waals surface area (Å²) in [6.45, 7) is 4.00. The molecular formula is C24H21N3O2S. The molecule has 0 spiro atoms. The van der Waals surface area contributed by atoms with E-state index >= 15 is 0 Å². The number of hydrogen-bond acceptors (Lipinski definition) is 5. The lowest BCUT2D eigenvalue weighted by atomic mass is 10.1. The Bertz CT molecular complexity index is 1140. The van der Waals surface area contributed by atoms with Gasteiger partial charge in [0.05, 0.1) is 0 Å². The average Bonchev–Trinajstić information content (AvgIpc) is 3.23. The van der Waals surface area contributed by atoms with Gasteiger partial charge in [-0.15, -0.1) is 10.2 Å². The molecule has 1 heterocycles. The van der Waals surface area contributed by atoms with Crippen molar-refractivity contribution in [2.45, 2.75) is 24.3 Å². The third kappa shape index (κ3) is 4.60. The van der Waals surface area contributed by atoms with Gasteiger partial charge in [-0.05, 0) is 54.9 Å². The monoisotopic (exact) mass is 415 g/mol. The molecule has 3 aromatic carbocycles. The number of thioether (sulfide) groups is 1. The molecule has 0 aliphatic carbocycles. The Morgan fingerprint density at radius 1 is 0.900 bits per heavy atom. The van der Waals surface area contributed by atoms with Gasteiger partial charge < -0.3 is 9.73 Å². The molecule has 0 saturated carbocycles. The second-order valence-electron chi connectivity index (χ2n) is 6.95. The number of aromatic nitrogens is 2. The van der Waals surface area contributed by atoms with Crippen LogP contribution in [0.2, 0.25) is 0 Å². The summed E-state index contributed by atoms with van der Waals surface area (Å²) in [5, 5.41) is 11.1. The average molecular weight is 416 g/mol. The molecule has 4 aromatic rings. The number of rotatable bonds is 6. The fraction of sp³-hybridized carbons (Fsp3) is 0.125. The molecule has 5 nitrogen and oxygen atoms in total. The first-order valence-electron chi connectivity index (χ1n) is 9.59. The van der Waals surface area contributed by atoms with Crippen LogP contribution in [0.15, 0.2) is 88.5 Å². The minimum Gasteiger partial charge on any atom is -0.411 e. The van der Waals surface area contributed by atoms with Crippen molar-refractivity contribution in [2.24, 2.45) is 0 Å². The van der Waals surface area contributed by atoms with Crippen LogP contribution in [0.4, 0.5) is 5.69 Å². The van der Waals surface area contributed by atoms with Crippen LogP contribution in [0, 0.1) is 13.8 Å². The maximum Gasteiger partial charge on any atom is 0.277 e. The lowest BCUT2D eigenvalue weighted by Gasteiger charge is -2.15. The number of amides is 1. The number of hydrogen-bond donors (Lipinski definition) is 1. The van der Waals surface area contributed by atoms with Crippen LogP contribution in [-0.2, 0) is 4.79 Å². The van der Waals surface area contributed by atoms with E-state index in [0.717, 1.165) is 27.9 Å². The molecule has 30 heavy (non-hydrogen) atoms. The second kappa shape index (κ2) is 8.97. The molecule has 150 valence electrons. The molecule has 6 heteroatoms. The third-order valence-electron chi connectivity index (χ3n) is 4.66. The molecule has 0 radical (unpaired) electrons. The van der Waals surface area contributed by atoms with Gasteiger partial charge >= 0.3 is 0 Å². The molecule has 0 bridgehead atoms. The van der Waals surface area contributed by atoms with Crippen LogP contribution in [0.3, 0.4) is 0 Å². The topological polar surface area (TPSA) is 68.0 Å². The van der Waals surface area contributed by atoms with Crippen LogP contribution in [0.1, 0.15) is 21.9 Å². The highest BCUT2D eigenvalue weighted by atomic mass is 32.2. The standard InChI is InChI=1S/C24H21N3O2S/c1-16-12-14-19(15-13-16)25-22(28)21(18-9-4-3-5-10-18)30-24-27-26-23(29-24)20-11-7-6-8-17(20)2/h3-15,21H,1-2H3,(H,25,28)/t21-/m1/s1. The highest BCUT2D eigenvalue weighted by molar-refractivity contribution is 8.00. The Balaban J connectivity index is 1.59. The van der Waals surface area contributed by atoms with Gasteiger partial charge in [-0.25, -0.2) is 0 Å². The SMILES string of the molecule is Cc1ccc(NC(=O)[C@H](Sc2nnc(-c3ccccc3C)o2)c2ccccc2)cc1. The van der Waals surface area contributed by atoms with Crippen LogP contribution < -0.4 is 5.32 Å². The van der Waals surface area contributed by atoms with Crippen molar-refractivity contribution in [1.82, 2.24) is 10.2 Å². The lowest BCUT2D eigenvalue weighted by Crippen LogP contribution is -2.19. The Hall–Kier alpha value is -3.38. The largest absolute Gasteiger partial charge is 0.411 e. The number of benzene rings is 3. The molecule has 1 amide bonds. The maximum atomic E-state index is 13.1. The van der Waals surface area contributed by atoms with Crippen molar-refractivity contribution < 1.29 is 9.21 Å². The van der Waals surface area contributed by atoms with E-state index in [1.54, 1.807) is 0 Å². The van der Waals surface area contributed by atoms with Gasteiger partial charge in [0, 0.05) is 11.3 Å². The molecule has 0 unspecified atom stereocenters. The number of aryl methyl sites for hydroxylation is 2. The quantitative estimate of drug-likeness (QED) is 0.402. The summed E-state index contributed by atoms with van der Waals surface area (Å²) < 4.78 is 5.88. The first kappa shape index (κ1) is 19.9. The van der Waals surface area contributed by atoms with Crippen LogP contribution >= 0.6 is 11.8 Å². The Labute approximate surface area is 179 Å². The molecule has 4 rings (SSSR count). The molecular weight excluding hydrogens is 394 g/mol. The van der Waals surface area contributed by atoms with E-state index in [4.69, 9.17) is 4.42 Å². The number of nitrogens with zero attached hydrogens (tertiary/aromatic N) is 2. The van der Waals surface area contributed by atoms with E-state index < -0.39 is 5.25 Å². The van der Waals surface area contributed by atoms with E-state index in [0.29, 0.717) is 11.1 Å². The van der Waals surface area contributed by atoms with Gasteiger partial charge in [-0.3, -0.25) is 4.79 Å². The minimum atomic E-state index is -0.530. The summed E-state index contributed by atoms with van der Waals surface area (Å²) in [7, 11) is 0. The van der Waals surface area contributed by atoms with Crippen molar-refractivity contribution in [2.75, 3.05) is 5.32 Å². The zero-order valence-electron chi connectivity index (χ0n) is 16.7. The van der Waals surface area contributed by atoms with Gasteiger partial charge in [0.15, 0.2) is 0 Å². The van der Waals surface area contributed by atoms with Gasteiger partial charge in [0.2, 0.25) is 11.8 Å². The number of carbonyl (C=O) groups is 1. The third-order valence-corrected chi connectivity index (χ3v) is 5.75. The van der Waals surface area contributed by atoms with Crippen molar-refractivity contribution in [3.05, 3.63) is 95.6 Å². The zero-order valence-corrected chi connectivity index (χ0v) is 17.5. The van der Waals surface area contributed by atoms with Crippen molar-refractivity contribution >= 4 is 23.4 Å². The van der Waals surface area contributed by atoms with E-state index in [2.05, 4.69) is 15.5 Å². The summed E-state index contributed by atoms with van der Waals surface area (Å²) in [6.07, 6.45) is 0. The smallest absolute Gasteiger partial charge is 0.277 e. The highest BCUT2D eigenvalue weighted by Gasteiger charge is 2.25. The van der Waals surface area contributed by atoms with Crippen molar-refractivity contribution in [3.63, 3.8) is 0 Å². The molecule has 1 N–H and O–H groups in total. The molecule has 1 atom stereocenters. The fourth-order valence-corrected chi connectivity index (χ4v) is 3.90. The van der Waals surface area contributed by atoms with E-state index in [9.17, 15) is 4.79 Å². The highest BCUT2D eigenvalue weighted by Crippen LogP contribution is 2.37. The van der Waals surface area contributed by atoms with Crippen LogP contribution in [0.25, 0.3) is 11.5 Å². The molecule has 1 aromatic heterocycles. The zero-order chi connectivity index (χ0) is 20.9. The van der Waals surface area contributed by atoms with Gasteiger partial charge in [-0.1, -0.05) is 66.2 Å². The Morgan fingerprint density at radius 3 is 2.33 bits per heavy atom. The van der Waals surface area contributed by atoms with Crippen molar-refractivity contribution in [3.8, 4) is 11.5 Å². The van der Waals surface area contributed by atoms with E-state index in [-0.39, 0.29) is 5.91 Å². The van der Waals surface area contributed by atoms with Gasteiger partial charge in [0.25, 0.3) is 5.22 Å². The molecule has 0 fully saturated rings. The first-order valence-corrected chi connectivity index (χ1v) is 10.5. The second-order valence-corrected chi connectivity index (χ2v) is 8.01. The van der Waals surface area contributed by atoms with Gasteiger partial charge in [0.1, 0.15) is 5.25 Å². The van der Waals surface area contributed by atoms with Crippen LogP contribution in [0.5, 0.6) is 0 Å². The Morgan fingerprint density at radius 2 is 1.60 bits per heavy atom. The molecule has 0 aliphatic heterocycles. The summed E-state index contributed by atoms with van der Waals surface area (Å²) >= 11 is 1.24. The molecule has 0 aliphatic rings. The fourth-order valence-electron chi connectivity index (χ4n) is 3.03. The number of nitrogens with one attached hydrogen (secondary N) is 1. The van der Waals surface area contributed by atoms with Gasteiger partial charge in [-0.2, -0.15) is 0 Å². The summed E-state index contributed by atoms with van der Waals surface area (Å²) in [6, 6.07) is 25.1. The number of carbonyl (C=O) groups excluding carboxylic acids is 1. The maximum absolute atomic E-state index is 13.1. The lowest BCUT2D eigenvalue weighted by molar-refractivity contribution is -0.115. The van der Waals surface area contributed by atoms with E-state index in [1.165, 1.54) is 11.8 Å². The summed E-state index contributed by atoms with van der Waals surface area (Å²) in [5.41, 5.74) is 4.68. The number of anilines is 1. The van der Waals surface area contributed by atoms with Crippen molar-refractivity contribution in [1.29, 1.82) is 0 Å².